The van der Waals surface area contributed by atoms with Crippen LogP contribution in [0.25, 0.3) is 0 Å². The summed E-state index contributed by atoms with van der Waals surface area (Å²) in [6.45, 7) is 2.59. The molecule has 2 aromatic rings. The van der Waals surface area contributed by atoms with Crippen molar-refractivity contribution in [1.82, 2.24) is 4.90 Å². The summed E-state index contributed by atoms with van der Waals surface area (Å²) in [5, 5.41) is 34.8. The topological polar surface area (TPSA) is 130 Å². The maximum Gasteiger partial charge on any atom is 0.417 e. The van der Waals surface area contributed by atoms with Crippen LogP contribution in [0.3, 0.4) is 0 Å². The molecule has 2 unspecified atom stereocenters. The second-order valence-electron chi connectivity index (χ2n) is 7.21. The number of nitriles is 2. The number of likely N-dealkylation sites (N-methyl/N-ethyl adjacent to an activating group) is 1. The van der Waals surface area contributed by atoms with Gasteiger partial charge in [-0.05, 0) is 49.2 Å². The van der Waals surface area contributed by atoms with Gasteiger partial charge in [-0.1, -0.05) is 35.3 Å². The van der Waals surface area contributed by atoms with Gasteiger partial charge in [0.1, 0.15) is 11.5 Å². The van der Waals surface area contributed by atoms with E-state index in [1.165, 1.54) is 38.1 Å². The number of carboxylic acid groups (broad SMARTS) is 1. The number of benzene rings is 2. The lowest BCUT2D eigenvalue weighted by Crippen LogP contribution is -2.41. The fourth-order valence-electron chi connectivity index (χ4n) is 3.09. The molecule has 2 aromatic carbocycles. The summed E-state index contributed by atoms with van der Waals surface area (Å²) >= 11 is 12.0. The van der Waals surface area contributed by atoms with Gasteiger partial charge in [0, 0.05) is 11.6 Å². The number of halogens is 5. The van der Waals surface area contributed by atoms with Gasteiger partial charge in [0.25, 0.3) is 5.91 Å². The van der Waals surface area contributed by atoms with Crippen molar-refractivity contribution >= 4 is 40.9 Å². The van der Waals surface area contributed by atoms with Gasteiger partial charge in [-0.3, -0.25) is 4.79 Å². The van der Waals surface area contributed by atoms with Gasteiger partial charge in [0.05, 0.1) is 22.3 Å². The SMILES string of the molecule is CCN(C(=O)O)C(=O)C(C#N)N=Nc1ccc(C(C)(C#N)c2ccc(Cl)c(C(F)(F)F)c2)c(Cl)c1. The Morgan fingerprint density at radius 3 is 2.26 bits per heavy atom. The summed E-state index contributed by atoms with van der Waals surface area (Å²) in [6, 6.07) is 8.82. The Bertz CT molecular complexity index is 1270. The summed E-state index contributed by atoms with van der Waals surface area (Å²) in [5.41, 5.74) is -2.50. The highest BCUT2D eigenvalue weighted by molar-refractivity contribution is 6.32. The Kier molecular flexibility index (Phi) is 8.45. The third-order valence-electron chi connectivity index (χ3n) is 5.02. The maximum absolute atomic E-state index is 13.3. The molecule has 0 spiro atoms. The fourth-order valence-corrected chi connectivity index (χ4v) is 3.68. The van der Waals surface area contributed by atoms with Crippen molar-refractivity contribution in [3.63, 3.8) is 0 Å². The predicted octanol–water partition coefficient (Wildman–Crippen LogP) is 6.34. The second kappa shape index (κ2) is 10.7. The molecule has 13 heteroatoms. The third-order valence-corrected chi connectivity index (χ3v) is 5.66. The van der Waals surface area contributed by atoms with Crippen LogP contribution < -0.4 is 0 Å². The van der Waals surface area contributed by atoms with Crippen molar-refractivity contribution in [3.05, 3.63) is 63.1 Å². The van der Waals surface area contributed by atoms with Gasteiger partial charge in [-0.25, -0.2) is 9.69 Å². The number of hydrogen-bond acceptors (Lipinski definition) is 6. The highest BCUT2D eigenvalue weighted by atomic mass is 35.5. The average molecular weight is 526 g/mol. The summed E-state index contributed by atoms with van der Waals surface area (Å²) in [6.07, 6.45) is -6.28. The smallest absolute Gasteiger partial charge is 0.417 e. The zero-order valence-electron chi connectivity index (χ0n) is 18.1. The van der Waals surface area contributed by atoms with Gasteiger partial charge in [0.15, 0.2) is 0 Å². The largest absolute Gasteiger partial charge is 0.465 e. The first-order valence-corrected chi connectivity index (χ1v) is 10.5. The molecular formula is C22H16Cl2F3N5O3. The second-order valence-corrected chi connectivity index (χ2v) is 8.02. The van der Waals surface area contributed by atoms with Crippen LogP contribution in [0.1, 0.15) is 30.5 Å². The van der Waals surface area contributed by atoms with Gasteiger partial charge in [-0.15, -0.1) is 0 Å². The molecule has 2 rings (SSSR count). The minimum absolute atomic E-state index is 0.00327. The number of alkyl halides is 3. The fraction of sp³-hybridized carbons (Fsp3) is 0.273. The van der Waals surface area contributed by atoms with E-state index in [1.54, 1.807) is 6.07 Å². The molecule has 35 heavy (non-hydrogen) atoms. The minimum atomic E-state index is -4.74. The van der Waals surface area contributed by atoms with Crippen LogP contribution in [0.15, 0.2) is 46.6 Å². The molecule has 0 aliphatic carbocycles. The van der Waals surface area contributed by atoms with E-state index in [0.29, 0.717) is 4.90 Å². The van der Waals surface area contributed by atoms with Crippen LogP contribution in [0, 0.1) is 22.7 Å². The minimum Gasteiger partial charge on any atom is -0.465 e. The maximum atomic E-state index is 13.3. The van der Waals surface area contributed by atoms with Crippen LogP contribution >= 0.6 is 23.2 Å². The monoisotopic (exact) mass is 525 g/mol. The van der Waals surface area contributed by atoms with E-state index >= 15 is 0 Å². The molecule has 0 aliphatic heterocycles. The molecule has 0 saturated carbocycles. The van der Waals surface area contributed by atoms with Gasteiger partial charge >= 0.3 is 12.3 Å². The molecule has 2 atom stereocenters. The standard InChI is InChI=1S/C22H16Cl2F3N5O3/c1-3-32(20(34)35)19(33)18(10-28)31-30-13-5-6-14(17(24)9-13)21(2,11-29)12-4-7-16(23)15(8-12)22(25,26)27/h4-9,18H,3H2,1-2H3,(H,34,35). The molecule has 0 saturated heterocycles. The van der Waals surface area contributed by atoms with Crippen LogP contribution in [0.5, 0.6) is 0 Å². The molecule has 0 aliphatic rings. The van der Waals surface area contributed by atoms with Crippen LogP contribution in [0.2, 0.25) is 10.0 Å². The van der Waals surface area contributed by atoms with Crippen molar-refractivity contribution in [2.75, 3.05) is 6.54 Å². The highest BCUT2D eigenvalue weighted by Crippen LogP contribution is 2.41. The lowest BCUT2D eigenvalue weighted by molar-refractivity contribution is -0.137. The van der Waals surface area contributed by atoms with E-state index in [2.05, 4.69) is 10.2 Å². The third kappa shape index (κ3) is 5.88. The van der Waals surface area contributed by atoms with Gasteiger partial charge in [0.2, 0.25) is 6.04 Å². The Balaban J connectivity index is 2.44. The Morgan fingerprint density at radius 1 is 1.11 bits per heavy atom. The van der Waals surface area contributed by atoms with Gasteiger partial charge in [-0.2, -0.15) is 33.9 Å². The van der Waals surface area contributed by atoms with Crippen LogP contribution in [-0.2, 0) is 16.4 Å². The molecule has 0 aromatic heterocycles. The quantitative estimate of drug-likeness (QED) is 0.439. The normalized spacial score (nSPS) is 14.0. The first kappa shape index (κ1) is 27.6. The molecule has 0 heterocycles. The van der Waals surface area contributed by atoms with Crippen molar-refractivity contribution in [1.29, 1.82) is 10.5 Å². The molecule has 182 valence electrons. The van der Waals surface area contributed by atoms with E-state index in [4.69, 9.17) is 33.6 Å². The van der Waals surface area contributed by atoms with Crippen molar-refractivity contribution < 1.29 is 27.9 Å². The van der Waals surface area contributed by atoms with E-state index in [1.807, 2.05) is 6.07 Å². The van der Waals surface area contributed by atoms with Crippen molar-refractivity contribution in [2.45, 2.75) is 31.5 Å². The summed E-state index contributed by atoms with van der Waals surface area (Å²) in [7, 11) is 0. The molecule has 2 amide bonds. The van der Waals surface area contributed by atoms with E-state index < -0.39 is 40.2 Å². The lowest BCUT2D eigenvalue weighted by atomic mass is 9.77. The first-order valence-electron chi connectivity index (χ1n) is 9.73. The average Bonchev–Trinajstić information content (AvgIpc) is 2.78. The zero-order valence-corrected chi connectivity index (χ0v) is 19.7. The number of carbonyl (C=O) groups is 2. The van der Waals surface area contributed by atoms with E-state index in [-0.39, 0.29) is 28.4 Å². The summed E-state index contributed by atoms with van der Waals surface area (Å²) in [4.78, 5) is 23.7. The molecule has 0 fully saturated rings. The van der Waals surface area contributed by atoms with Crippen LogP contribution in [-0.4, -0.2) is 34.6 Å². The number of carbonyl (C=O) groups excluding carboxylic acids is 1. The van der Waals surface area contributed by atoms with E-state index in [9.17, 15) is 28.0 Å². The zero-order chi connectivity index (χ0) is 26.6. The Labute approximate surface area is 207 Å². The van der Waals surface area contributed by atoms with Crippen molar-refractivity contribution in [3.8, 4) is 12.1 Å². The number of rotatable bonds is 6. The summed E-state index contributed by atoms with van der Waals surface area (Å²) < 4.78 is 39.9. The van der Waals surface area contributed by atoms with Crippen LogP contribution in [0.4, 0.5) is 23.7 Å². The lowest BCUT2D eigenvalue weighted by Gasteiger charge is -2.25. The number of nitrogens with zero attached hydrogens (tertiary/aromatic N) is 5. The molecule has 1 N–H and O–H groups in total. The van der Waals surface area contributed by atoms with Gasteiger partial charge < -0.3 is 5.11 Å². The van der Waals surface area contributed by atoms with Crippen molar-refractivity contribution in [2.24, 2.45) is 10.2 Å². The predicted molar refractivity (Wildman–Crippen MR) is 119 cm³/mol. The Morgan fingerprint density at radius 2 is 1.77 bits per heavy atom. The van der Waals surface area contributed by atoms with E-state index in [0.717, 1.165) is 12.1 Å². The molecule has 0 radical (unpaired) electrons. The highest BCUT2D eigenvalue weighted by Gasteiger charge is 2.37. The number of hydrogen-bond donors (Lipinski definition) is 1. The first-order chi connectivity index (χ1) is 16.3. The Hall–Kier alpha value is -3.67. The molecule has 0 bridgehead atoms. The number of amides is 2. The number of azo groups is 1. The number of imide groups is 1. The molecule has 8 nitrogen and oxygen atoms in total. The summed E-state index contributed by atoms with van der Waals surface area (Å²) in [5.74, 6) is -1.09. The molecular weight excluding hydrogens is 510 g/mol.